The Hall–Kier alpha value is -1.63. The highest BCUT2D eigenvalue weighted by atomic mass is 32.2. The molecule has 0 atom stereocenters. The van der Waals surface area contributed by atoms with Crippen LogP contribution >= 0.6 is 0 Å². The van der Waals surface area contributed by atoms with Crippen LogP contribution in [0.15, 0.2) is 24.3 Å². The third kappa shape index (κ3) is 6.19. The van der Waals surface area contributed by atoms with Crippen molar-refractivity contribution in [2.45, 2.75) is 13.5 Å². The molecule has 0 unspecified atom stereocenters. The first-order valence-electron chi connectivity index (χ1n) is 5.89. The number of urea groups is 1. The van der Waals surface area contributed by atoms with Gasteiger partial charge in [0, 0.05) is 18.8 Å². The van der Waals surface area contributed by atoms with E-state index in [2.05, 4.69) is 10.6 Å². The highest BCUT2D eigenvalue weighted by molar-refractivity contribution is 7.91. The zero-order valence-corrected chi connectivity index (χ0v) is 11.5. The molecule has 1 aromatic carbocycles. The van der Waals surface area contributed by atoms with Crippen molar-refractivity contribution in [3.8, 4) is 0 Å². The molecule has 106 valence electrons. The monoisotopic (exact) mass is 288 g/mol. The van der Waals surface area contributed by atoms with Crippen molar-refractivity contribution in [3.63, 3.8) is 0 Å². The van der Waals surface area contributed by atoms with Crippen LogP contribution in [0.2, 0.25) is 0 Å². The molecule has 0 fully saturated rings. The summed E-state index contributed by atoms with van der Waals surface area (Å²) in [4.78, 5) is 11.4. The molecule has 0 aromatic heterocycles. The second-order valence-electron chi connectivity index (χ2n) is 3.97. The van der Waals surface area contributed by atoms with E-state index in [-0.39, 0.29) is 30.4 Å². The van der Waals surface area contributed by atoms with Crippen molar-refractivity contribution in [3.05, 3.63) is 35.6 Å². The maximum absolute atomic E-state index is 12.6. The highest BCUT2D eigenvalue weighted by Crippen LogP contribution is 2.01. The summed E-state index contributed by atoms with van der Waals surface area (Å²) in [5, 5.41) is 5.01. The fourth-order valence-corrected chi connectivity index (χ4v) is 2.01. The van der Waals surface area contributed by atoms with Crippen LogP contribution in [0.5, 0.6) is 0 Å². The topological polar surface area (TPSA) is 75.3 Å². The lowest BCUT2D eigenvalue weighted by molar-refractivity contribution is 0.241. The summed E-state index contributed by atoms with van der Waals surface area (Å²) < 4.78 is 35.0. The Morgan fingerprint density at radius 1 is 1.21 bits per heavy atom. The number of amides is 2. The first-order chi connectivity index (χ1) is 8.93. The fraction of sp³-hybridized carbons (Fsp3) is 0.417. The molecule has 0 aliphatic carbocycles. The third-order valence-corrected chi connectivity index (χ3v) is 4.21. The van der Waals surface area contributed by atoms with Gasteiger partial charge in [-0.1, -0.05) is 19.1 Å². The first kappa shape index (κ1) is 15.4. The minimum Gasteiger partial charge on any atom is -0.337 e. The van der Waals surface area contributed by atoms with Crippen molar-refractivity contribution in [1.82, 2.24) is 10.6 Å². The summed E-state index contributed by atoms with van der Waals surface area (Å²) in [5.74, 6) is -0.350. The Labute approximate surface area is 112 Å². The maximum Gasteiger partial charge on any atom is 0.315 e. The minimum absolute atomic E-state index is 0.0614. The van der Waals surface area contributed by atoms with Gasteiger partial charge in [0.2, 0.25) is 0 Å². The Balaban J connectivity index is 2.27. The van der Waals surface area contributed by atoms with Gasteiger partial charge >= 0.3 is 6.03 Å². The van der Waals surface area contributed by atoms with Crippen LogP contribution in [0.1, 0.15) is 12.5 Å². The van der Waals surface area contributed by atoms with Crippen LogP contribution in [-0.4, -0.2) is 32.5 Å². The summed E-state index contributed by atoms with van der Waals surface area (Å²) >= 11 is 0. The van der Waals surface area contributed by atoms with E-state index in [1.165, 1.54) is 12.1 Å². The number of rotatable bonds is 6. The molecule has 7 heteroatoms. The van der Waals surface area contributed by atoms with Crippen LogP contribution in [0.25, 0.3) is 0 Å². The standard InChI is InChI=1S/C12H17FN2O3S/c1-2-19(17,18)8-7-14-12(16)15-9-10-3-5-11(13)6-4-10/h3-6H,2,7-9H2,1H3,(H2,14,15,16). The third-order valence-electron chi connectivity index (χ3n) is 2.50. The van der Waals surface area contributed by atoms with Crippen molar-refractivity contribution in [2.75, 3.05) is 18.1 Å². The van der Waals surface area contributed by atoms with Gasteiger partial charge in [-0.05, 0) is 17.7 Å². The SMILES string of the molecule is CCS(=O)(=O)CCNC(=O)NCc1ccc(F)cc1. The van der Waals surface area contributed by atoms with Crippen molar-refractivity contribution in [2.24, 2.45) is 0 Å². The molecule has 0 bridgehead atoms. The van der Waals surface area contributed by atoms with Gasteiger partial charge in [-0.3, -0.25) is 0 Å². The summed E-state index contributed by atoms with van der Waals surface area (Å²) in [7, 11) is -3.07. The summed E-state index contributed by atoms with van der Waals surface area (Å²) in [6, 6.07) is 5.30. The second kappa shape index (κ2) is 7.08. The molecule has 0 radical (unpaired) electrons. The Morgan fingerprint density at radius 2 is 1.84 bits per heavy atom. The van der Waals surface area contributed by atoms with Crippen LogP contribution in [0.4, 0.5) is 9.18 Å². The number of sulfone groups is 1. The quantitative estimate of drug-likeness (QED) is 0.822. The average Bonchev–Trinajstić information content (AvgIpc) is 2.38. The molecule has 2 N–H and O–H groups in total. The van der Waals surface area contributed by atoms with Crippen molar-refractivity contribution in [1.29, 1.82) is 0 Å². The van der Waals surface area contributed by atoms with E-state index in [4.69, 9.17) is 0 Å². The van der Waals surface area contributed by atoms with Crippen molar-refractivity contribution >= 4 is 15.9 Å². The average molecular weight is 288 g/mol. The van der Waals surface area contributed by atoms with Crippen LogP contribution in [0, 0.1) is 5.82 Å². The number of carbonyl (C=O) groups is 1. The predicted molar refractivity (Wildman–Crippen MR) is 71.0 cm³/mol. The molecule has 0 aliphatic heterocycles. The molecule has 0 spiro atoms. The van der Waals surface area contributed by atoms with Gasteiger partial charge < -0.3 is 10.6 Å². The van der Waals surface area contributed by atoms with E-state index in [0.717, 1.165) is 5.56 Å². The molecule has 0 heterocycles. The van der Waals surface area contributed by atoms with Gasteiger partial charge in [-0.25, -0.2) is 17.6 Å². The molecule has 0 saturated carbocycles. The molecule has 0 aliphatic rings. The molecule has 2 amide bonds. The molecule has 19 heavy (non-hydrogen) atoms. The van der Waals surface area contributed by atoms with Crippen LogP contribution in [-0.2, 0) is 16.4 Å². The molecular weight excluding hydrogens is 271 g/mol. The summed E-state index contributed by atoms with van der Waals surface area (Å²) in [6.45, 7) is 1.89. The largest absolute Gasteiger partial charge is 0.337 e. The van der Waals surface area contributed by atoms with Gasteiger partial charge in [0.1, 0.15) is 5.82 Å². The normalized spacial score (nSPS) is 11.1. The smallest absolute Gasteiger partial charge is 0.315 e. The zero-order valence-electron chi connectivity index (χ0n) is 10.6. The Bertz CT molecular complexity index is 514. The zero-order chi connectivity index (χ0) is 14.3. The predicted octanol–water partition coefficient (Wildman–Crippen LogP) is 1.06. The number of hydrogen-bond donors (Lipinski definition) is 2. The second-order valence-corrected chi connectivity index (χ2v) is 6.45. The van der Waals surface area contributed by atoms with E-state index in [0.29, 0.717) is 0 Å². The molecule has 1 rings (SSSR count). The molecule has 5 nitrogen and oxygen atoms in total. The van der Waals surface area contributed by atoms with Crippen LogP contribution in [0.3, 0.4) is 0 Å². The van der Waals surface area contributed by atoms with E-state index >= 15 is 0 Å². The fourth-order valence-electron chi connectivity index (χ4n) is 1.31. The molecule has 1 aromatic rings. The van der Waals surface area contributed by atoms with Crippen LogP contribution < -0.4 is 10.6 Å². The van der Waals surface area contributed by atoms with E-state index in [9.17, 15) is 17.6 Å². The lowest BCUT2D eigenvalue weighted by Crippen LogP contribution is -2.37. The molecular formula is C12H17FN2O3S. The van der Waals surface area contributed by atoms with Gasteiger partial charge in [0.15, 0.2) is 9.84 Å². The number of benzene rings is 1. The Morgan fingerprint density at radius 3 is 2.42 bits per heavy atom. The lowest BCUT2D eigenvalue weighted by atomic mass is 10.2. The Kier molecular flexibility index (Phi) is 5.75. The first-order valence-corrected chi connectivity index (χ1v) is 7.71. The number of carbonyl (C=O) groups excluding carboxylic acids is 1. The van der Waals surface area contributed by atoms with E-state index in [1.807, 2.05) is 0 Å². The minimum atomic E-state index is -3.07. The van der Waals surface area contributed by atoms with Gasteiger partial charge in [-0.2, -0.15) is 0 Å². The number of halogens is 1. The van der Waals surface area contributed by atoms with Gasteiger partial charge in [0.25, 0.3) is 0 Å². The summed E-state index contributed by atoms with van der Waals surface area (Å²) in [5.41, 5.74) is 0.762. The highest BCUT2D eigenvalue weighted by Gasteiger charge is 2.07. The number of hydrogen-bond acceptors (Lipinski definition) is 3. The molecule has 0 saturated heterocycles. The maximum atomic E-state index is 12.6. The van der Waals surface area contributed by atoms with Gasteiger partial charge in [-0.15, -0.1) is 0 Å². The van der Waals surface area contributed by atoms with Gasteiger partial charge in [0.05, 0.1) is 5.75 Å². The number of nitrogens with one attached hydrogen (secondary N) is 2. The van der Waals surface area contributed by atoms with E-state index < -0.39 is 15.9 Å². The van der Waals surface area contributed by atoms with Crippen molar-refractivity contribution < 1.29 is 17.6 Å². The van der Waals surface area contributed by atoms with E-state index in [1.54, 1.807) is 19.1 Å². The lowest BCUT2D eigenvalue weighted by Gasteiger charge is -2.07. The summed E-state index contributed by atoms with van der Waals surface area (Å²) in [6.07, 6.45) is 0.